The maximum absolute atomic E-state index is 13.4. The summed E-state index contributed by atoms with van der Waals surface area (Å²) in [5.41, 5.74) is 1.01. The Kier molecular flexibility index (Phi) is 5.96. The highest BCUT2D eigenvalue weighted by Crippen LogP contribution is 2.41. The number of ether oxygens (including phenoxy) is 1. The van der Waals surface area contributed by atoms with Crippen LogP contribution in [-0.2, 0) is 17.4 Å². The molecule has 0 N–H and O–H groups in total. The van der Waals surface area contributed by atoms with E-state index < -0.39 is 11.7 Å². The molecule has 0 aliphatic carbocycles. The van der Waals surface area contributed by atoms with Crippen LogP contribution in [0, 0.1) is 0 Å². The third-order valence-corrected chi connectivity index (χ3v) is 6.31. The molecule has 2 aliphatic rings. The van der Waals surface area contributed by atoms with Crippen molar-refractivity contribution >= 4 is 17.4 Å². The van der Waals surface area contributed by atoms with Crippen LogP contribution in [0.25, 0.3) is 0 Å². The van der Waals surface area contributed by atoms with Gasteiger partial charge in [0.15, 0.2) is 5.75 Å². The van der Waals surface area contributed by atoms with Crippen molar-refractivity contribution in [1.29, 1.82) is 0 Å². The smallest absolute Gasteiger partial charge is 0.416 e. The molecule has 1 amide bonds. The zero-order chi connectivity index (χ0) is 24.6. The standard InChI is InChI=1S/C27H24F3N3O2/c1-18-17-32(13-14-33(18)25(34)15-19-7-3-2-4-8-19)26-21-9-5-6-10-23(21)35-24-12-11-20(27(28,29)30)16-22(24)31-26/h2-12,16,18H,13-15,17H2,1H3/t18-/m1/s1. The van der Waals surface area contributed by atoms with Gasteiger partial charge in [0.25, 0.3) is 0 Å². The molecule has 1 saturated heterocycles. The number of benzene rings is 3. The van der Waals surface area contributed by atoms with Crippen molar-refractivity contribution in [2.24, 2.45) is 4.99 Å². The van der Waals surface area contributed by atoms with E-state index in [0.717, 1.165) is 17.7 Å². The number of aliphatic imine (C=N–C) groups is 1. The zero-order valence-corrected chi connectivity index (χ0v) is 19.1. The highest BCUT2D eigenvalue weighted by molar-refractivity contribution is 6.04. The van der Waals surface area contributed by atoms with E-state index in [9.17, 15) is 18.0 Å². The van der Waals surface area contributed by atoms with Crippen molar-refractivity contribution in [3.63, 3.8) is 0 Å². The molecule has 35 heavy (non-hydrogen) atoms. The molecular formula is C27H24F3N3O2. The lowest BCUT2D eigenvalue weighted by Gasteiger charge is -2.41. The molecule has 3 aromatic rings. The van der Waals surface area contributed by atoms with Crippen molar-refractivity contribution in [3.8, 4) is 11.5 Å². The number of carbonyl (C=O) groups excluding carboxylic acids is 1. The molecule has 0 unspecified atom stereocenters. The second kappa shape index (κ2) is 9.09. The van der Waals surface area contributed by atoms with Crippen LogP contribution in [0.2, 0.25) is 0 Å². The van der Waals surface area contributed by atoms with Gasteiger partial charge in [0, 0.05) is 25.7 Å². The average molecular weight is 480 g/mol. The molecule has 8 heteroatoms. The third kappa shape index (κ3) is 4.73. The molecule has 1 atom stereocenters. The monoisotopic (exact) mass is 479 g/mol. The van der Waals surface area contributed by atoms with E-state index in [-0.39, 0.29) is 23.4 Å². The average Bonchev–Trinajstić information content (AvgIpc) is 3.00. The van der Waals surface area contributed by atoms with Gasteiger partial charge in [-0.3, -0.25) is 4.79 Å². The summed E-state index contributed by atoms with van der Waals surface area (Å²) in [5.74, 6) is 1.39. The first-order valence-corrected chi connectivity index (χ1v) is 11.4. The molecule has 2 aliphatic heterocycles. The van der Waals surface area contributed by atoms with Gasteiger partial charge in [0.05, 0.1) is 17.5 Å². The fraction of sp³-hybridized carbons (Fsp3) is 0.259. The summed E-state index contributed by atoms with van der Waals surface area (Å²) >= 11 is 0. The lowest BCUT2D eigenvalue weighted by Crippen LogP contribution is -2.55. The fourth-order valence-corrected chi connectivity index (χ4v) is 4.53. The predicted molar refractivity (Wildman–Crippen MR) is 127 cm³/mol. The first-order chi connectivity index (χ1) is 16.8. The van der Waals surface area contributed by atoms with E-state index >= 15 is 0 Å². The maximum atomic E-state index is 13.4. The summed E-state index contributed by atoms with van der Waals surface area (Å²) < 4.78 is 46.1. The first kappa shape index (κ1) is 23.0. The van der Waals surface area contributed by atoms with Crippen LogP contribution in [0.1, 0.15) is 23.6 Å². The maximum Gasteiger partial charge on any atom is 0.416 e. The molecular weight excluding hydrogens is 455 g/mol. The van der Waals surface area contributed by atoms with Gasteiger partial charge in [-0.25, -0.2) is 4.99 Å². The number of halogens is 3. The minimum absolute atomic E-state index is 0.0510. The fourth-order valence-electron chi connectivity index (χ4n) is 4.53. The van der Waals surface area contributed by atoms with Gasteiger partial charge in [0.2, 0.25) is 5.91 Å². The number of rotatable bonds is 2. The van der Waals surface area contributed by atoms with Crippen molar-refractivity contribution in [2.45, 2.75) is 25.6 Å². The SMILES string of the molecule is C[C@@H]1CN(C2=Nc3cc(C(F)(F)F)ccc3Oc3ccccc32)CCN1C(=O)Cc1ccccc1. The highest BCUT2D eigenvalue weighted by Gasteiger charge is 2.34. The van der Waals surface area contributed by atoms with Crippen LogP contribution >= 0.6 is 0 Å². The number of amides is 1. The van der Waals surface area contributed by atoms with Gasteiger partial charge in [-0.2, -0.15) is 13.2 Å². The van der Waals surface area contributed by atoms with E-state index in [1.54, 1.807) is 6.07 Å². The Labute approximate surface area is 201 Å². The molecule has 0 aromatic heterocycles. The largest absolute Gasteiger partial charge is 0.454 e. The normalized spacial score (nSPS) is 17.6. The number of hydrogen-bond donors (Lipinski definition) is 0. The lowest BCUT2D eigenvalue weighted by molar-refractivity contribution is -0.137. The summed E-state index contributed by atoms with van der Waals surface area (Å²) in [6, 6.07) is 20.1. The van der Waals surface area contributed by atoms with Gasteiger partial charge in [0.1, 0.15) is 17.3 Å². The van der Waals surface area contributed by atoms with Gasteiger partial charge >= 0.3 is 6.18 Å². The van der Waals surface area contributed by atoms with Gasteiger partial charge in [-0.1, -0.05) is 42.5 Å². The zero-order valence-electron chi connectivity index (χ0n) is 19.1. The minimum atomic E-state index is -4.48. The topological polar surface area (TPSA) is 45.1 Å². The van der Waals surface area contributed by atoms with Crippen molar-refractivity contribution in [2.75, 3.05) is 19.6 Å². The molecule has 0 bridgehead atoms. The first-order valence-electron chi connectivity index (χ1n) is 11.4. The van der Waals surface area contributed by atoms with Crippen LogP contribution in [0.5, 0.6) is 11.5 Å². The number of hydrogen-bond acceptors (Lipinski definition) is 4. The molecule has 180 valence electrons. The Morgan fingerprint density at radius 3 is 2.49 bits per heavy atom. The summed E-state index contributed by atoms with van der Waals surface area (Å²) in [7, 11) is 0. The molecule has 5 nitrogen and oxygen atoms in total. The van der Waals surface area contributed by atoms with Crippen molar-refractivity contribution in [3.05, 3.63) is 89.5 Å². The summed E-state index contributed by atoms with van der Waals surface area (Å²) in [5, 5.41) is 0. The molecule has 3 aromatic carbocycles. The van der Waals surface area contributed by atoms with E-state index in [1.807, 2.05) is 65.3 Å². The van der Waals surface area contributed by atoms with Gasteiger partial charge in [-0.05, 0) is 42.8 Å². The molecule has 0 spiro atoms. The summed E-state index contributed by atoms with van der Waals surface area (Å²) in [4.78, 5) is 21.5. The van der Waals surface area contributed by atoms with E-state index in [0.29, 0.717) is 43.2 Å². The quantitative estimate of drug-likeness (QED) is 0.476. The number of nitrogens with zero attached hydrogens (tertiary/aromatic N) is 3. The molecule has 0 radical (unpaired) electrons. The highest BCUT2D eigenvalue weighted by atomic mass is 19.4. The molecule has 5 rings (SSSR count). The molecule has 1 fully saturated rings. The van der Waals surface area contributed by atoms with E-state index in [4.69, 9.17) is 4.74 Å². The Balaban J connectivity index is 1.43. The Morgan fingerprint density at radius 2 is 1.74 bits per heavy atom. The number of fused-ring (bicyclic) bond motifs is 2. The second-order valence-corrected chi connectivity index (χ2v) is 8.76. The van der Waals surface area contributed by atoms with Gasteiger partial charge < -0.3 is 14.5 Å². The number of para-hydroxylation sites is 1. The Bertz CT molecular complexity index is 1270. The Morgan fingerprint density at radius 1 is 1.00 bits per heavy atom. The van der Waals surface area contributed by atoms with E-state index in [2.05, 4.69) is 4.99 Å². The molecule has 2 heterocycles. The third-order valence-electron chi connectivity index (χ3n) is 6.31. The van der Waals surface area contributed by atoms with Crippen LogP contribution in [0.4, 0.5) is 18.9 Å². The van der Waals surface area contributed by atoms with Crippen LogP contribution < -0.4 is 4.74 Å². The summed E-state index contributed by atoms with van der Waals surface area (Å²) in [6.07, 6.45) is -4.15. The minimum Gasteiger partial charge on any atom is -0.454 e. The van der Waals surface area contributed by atoms with Crippen molar-refractivity contribution < 1.29 is 22.7 Å². The molecule has 0 saturated carbocycles. The number of carbonyl (C=O) groups is 1. The van der Waals surface area contributed by atoms with Gasteiger partial charge in [-0.15, -0.1) is 0 Å². The number of piperazine rings is 1. The predicted octanol–water partition coefficient (Wildman–Crippen LogP) is 5.66. The van der Waals surface area contributed by atoms with Crippen LogP contribution in [-0.4, -0.2) is 47.2 Å². The second-order valence-electron chi connectivity index (χ2n) is 8.76. The van der Waals surface area contributed by atoms with Crippen LogP contribution in [0.3, 0.4) is 0 Å². The Hall–Kier alpha value is -3.81. The van der Waals surface area contributed by atoms with Crippen molar-refractivity contribution in [1.82, 2.24) is 9.80 Å². The van der Waals surface area contributed by atoms with Crippen LogP contribution in [0.15, 0.2) is 77.8 Å². The summed E-state index contributed by atoms with van der Waals surface area (Å²) in [6.45, 7) is 3.48. The number of alkyl halides is 3. The number of amidine groups is 1. The lowest BCUT2D eigenvalue weighted by atomic mass is 10.1. The van der Waals surface area contributed by atoms with E-state index in [1.165, 1.54) is 6.07 Å².